The van der Waals surface area contributed by atoms with Gasteiger partial charge in [0.15, 0.2) is 0 Å². The Morgan fingerprint density at radius 2 is 2.35 bits per heavy atom. The zero-order valence-electron chi connectivity index (χ0n) is 11.1. The van der Waals surface area contributed by atoms with Crippen molar-refractivity contribution in [1.82, 2.24) is 25.5 Å². The molecule has 1 aliphatic rings. The van der Waals surface area contributed by atoms with Crippen LogP contribution in [0.1, 0.15) is 18.4 Å². The molecule has 7 heteroatoms. The highest BCUT2D eigenvalue weighted by atomic mass is 32.2. The summed E-state index contributed by atoms with van der Waals surface area (Å²) < 4.78 is 1.65. The summed E-state index contributed by atoms with van der Waals surface area (Å²) in [4.78, 5) is 11.7. The Hall–Kier alpha value is -1.89. The van der Waals surface area contributed by atoms with Crippen LogP contribution < -0.4 is 5.32 Å². The summed E-state index contributed by atoms with van der Waals surface area (Å²) >= 11 is 1.35. The first-order valence-electron chi connectivity index (χ1n) is 6.50. The molecule has 0 spiro atoms. The van der Waals surface area contributed by atoms with Crippen LogP contribution in [-0.2, 0) is 4.79 Å². The number of carbonyl (C=O) groups excluding carboxylic acids is 1. The maximum Gasteiger partial charge on any atom is 0.230 e. The number of hydrogen-bond acceptors (Lipinski definition) is 5. The van der Waals surface area contributed by atoms with Gasteiger partial charge in [-0.3, -0.25) is 4.79 Å². The van der Waals surface area contributed by atoms with Gasteiger partial charge in [-0.2, -0.15) is 4.68 Å². The number of carbonyl (C=O) groups is 1. The summed E-state index contributed by atoms with van der Waals surface area (Å²) in [5.74, 6) is 0.374. The van der Waals surface area contributed by atoms with Crippen molar-refractivity contribution < 1.29 is 4.79 Å². The minimum atomic E-state index is 0.0382. The van der Waals surface area contributed by atoms with Crippen LogP contribution in [-0.4, -0.2) is 37.9 Å². The van der Waals surface area contributed by atoms with E-state index in [9.17, 15) is 4.79 Å². The third kappa shape index (κ3) is 3.16. The van der Waals surface area contributed by atoms with Gasteiger partial charge in [0, 0.05) is 6.04 Å². The van der Waals surface area contributed by atoms with E-state index in [-0.39, 0.29) is 5.91 Å². The quantitative estimate of drug-likeness (QED) is 0.841. The van der Waals surface area contributed by atoms with Crippen molar-refractivity contribution in [3.8, 4) is 5.69 Å². The molecule has 6 nitrogen and oxygen atoms in total. The second-order valence-electron chi connectivity index (χ2n) is 4.84. The summed E-state index contributed by atoms with van der Waals surface area (Å²) in [6.07, 6.45) is 2.19. The number of thioether (sulfide) groups is 1. The fourth-order valence-electron chi connectivity index (χ4n) is 1.82. The van der Waals surface area contributed by atoms with E-state index in [1.807, 2.05) is 31.2 Å². The van der Waals surface area contributed by atoms with Gasteiger partial charge in [-0.15, -0.1) is 5.10 Å². The molecular weight excluding hydrogens is 274 g/mol. The average molecular weight is 289 g/mol. The van der Waals surface area contributed by atoms with Crippen LogP contribution in [0.3, 0.4) is 0 Å². The highest BCUT2D eigenvalue weighted by Gasteiger charge is 2.23. The zero-order chi connectivity index (χ0) is 13.9. The van der Waals surface area contributed by atoms with Crippen molar-refractivity contribution in [3.05, 3.63) is 29.8 Å². The molecule has 1 aromatic heterocycles. The molecule has 1 N–H and O–H groups in total. The van der Waals surface area contributed by atoms with Crippen LogP contribution in [0.15, 0.2) is 29.4 Å². The monoisotopic (exact) mass is 289 g/mol. The van der Waals surface area contributed by atoms with Crippen LogP contribution in [0.2, 0.25) is 0 Å². The van der Waals surface area contributed by atoms with E-state index < -0.39 is 0 Å². The summed E-state index contributed by atoms with van der Waals surface area (Å²) in [6, 6.07) is 8.31. The predicted octanol–water partition coefficient (Wildman–Crippen LogP) is 1.34. The number of aryl methyl sites for hydroxylation is 1. The van der Waals surface area contributed by atoms with E-state index in [0.29, 0.717) is 17.0 Å². The predicted molar refractivity (Wildman–Crippen MR) is 75.8 cm³/mol. The molecule has 1 fully saturated rings. The lowest BCUT2D eigenvalue weighted by atomic mass is 10.2. The molecule has 104 valence electrons. The molecule has 2 aromatic rings. The van der Waals surface area contributed by atoms with Crippen LogP contribution >= 0.6 is 11.8 Å². The maximum absolute atomic E-state index is 11.7. The molecule has 1 amide bonds. The van der Waals surface area contributed by atoms with Gasteiger partial charge >= 0.3 is 0 Å². The van der Waals surface area contributed by atoms with E-state index in [4.69, 9.17) is 0 Å². The van der Waals surface area contributed by atoms with Crippen LogP contribution in [0.5, 0.6) is 0 Å². The Kier molecular flexibility index (Phi) is 3.68. The number of tetrazole rings is 1. The Bertz CT molecular complexity index is 623. The number of hydrogen-bond donors (Lipinski definition) is 1. The second-order valence-corrected chi connectivity index (χ2v) is 5.79. The highest BCUT2D eigenvalue weighted by molar-refractivity contribution is 7.99. The van der Waals surface area contributed by atoms with Crippen molar-refractivity contribution in [2.24, 2.45) is 0 Å². The van der Waals surface area contributed by atoms with E-state index in [1.165, 1.54) is 11.8 Å². The van der Waals surface area contributed by atoms with E-state index >= 15 is 0 Å². The van der Waals surface area contributed by atoms with Gasteiger partial charge in [0.2, 0.25) is 11.1 Å². The Balaban J connectivity index is 1.68. The Labute approximate surface area is 120 Å². The smallest absolute Gasteiger partial charge is 0.230 e. The summed E-state index contributed by atoms with van der Waals surface area (Å²) in [5.41, 5.74) is 2.04. The third-order valence-corrected chi connectivity index (χ3v) is 3.88. The molecule has 0 bridgehead atoms. The van der Waals surface area contributed by atoms with E-state index in [1.54, 1.807) is 4.68 Å². The molecule has 1 aliphatic carbocycles. The minimum Gasteiger partial charge on any atom is -0.353 e. The van der Waals surface area contributed by atoms with Crippen molar-refractivity contribution in [2.75, 3.05) is 5.75 Å². The minimum absolute atomic E-state index is 0.0382. The van der Waals surface area contributed by atoms with Gasteiger partial charge < -0.3 is 5.32 Å². The lowest BCUT2D eigenvalue weighted by Crippen LogP contribution is -2.27. The number of amides is 1. The van der Waals surface area contributed by atoms with E-state index in [0.717, 1.165) is 24.1 Å². The van der Waals surface area contributed by atoms with Gasteiger partial charge in [0.25, 0.3) is 0 Å². The molecular formula is C13H15N5OS. The number of aromatic nitrogens is 4. The van der Waals surface area contributed by atoms with Gasteiger partial charge in [-0.05, 0) is 47.9 Å². The first-order valence-corrected chi connectivity index (χ1v) is 7.48. The average Bonchev–Trinajstić information content (AvgIpc) is 3.11. The zero-order valence-corrected chi connectivity index (χ0v) is 11.9. The number of rotatable bonds is 5. The molecule has 0 aliphatic heterocycles. The largest absolute Gasteiger partial charge is 0.353 e. The van der Waals surface area contributed by atoms with Gasteiger partial charge in [-0.1, -0.05) is 23.9 Å². The molecule has 20 heavy (non-hydrogen) atoms. The third-order valence-electron chi connectivity index (χ3n) is 2.96. The fraction of sp³-hybridized carbons (Fsp3) is 0.385. The SMILES string of the molecule is Cc1cccc(-n2nnnc2SCC(=O)NC2CC2)c1. The summed E-state index contributed by atoms with van der Waals surface area (Å²) in [5, 5.41) is 15.2. The van der Waals surface area contributed by atoms with Crippen molar-refractivity contribution >= 4 is 17.7 Å². The number of benzene rings is 1. The summed E-state index contributed by atoms with van der Waals surface area (Å²) in [6.45, 7) is 2.02. The van der Waals surface area contributed by atoms with Gasteiger partial charge in [-0.25, -0.2) is 0 Å². The fourth-order valence-corrected chi connectivity index (χ4v) is 2.52. The number of nitrogens with zero attached hydrogens (tertiary/aromatic N) is 4. The molecule has 0 atom stereocenters. The standard InChI is InChI=1S/C13H15N5OS/c1-9-3-2-4-11(7-9)18-13(15-16-17-18)20-8-12(19)14-10-5-6-10/h2-4,7,10H,5-6,8H2,1H3,(H,14,19). The van der Waals surface area contributed by atoms with Crippen molar-refractivity contribution in [1.29, 1.82) is 0 Å². The topological polar surface area (TPSA) is 72.7 Å². The summed E-state index contributed by atoms with van der Waals surface area (Å²) in [7, 11) is 0. The first kappa shape index (κ1) is 13.1. The van der Waals surface area contributed by atoms with Crippen LogP contribution in [0.25, 0.3) is 5.69 Å². The normalized spacial score (nSPS) is 14.2. The lowest BCUT2D eigenvalue weighted by molar-refractivity contribution is -0.118. The number of nitrogens with one attached hydrogen (secondary N) is 1. The Morgan fingerprint density at radius 1 is 1.50 bits per heavy atom. The van der Waals surface area contributed by atoms with Crippen molar-refractivity contribution in [2.45, 2.75) is 31.0 Å². The van der Waals surface area contributed by atoms with Crippen LogP contribution in [0.4, 0.5) is 0 Å². The maximum atomic E-state index is 11.7. The lowest BCUT2D eigenvalue weighted by Gasteiger charge is -2.05. The molecule has 3 rings (SSSR count). The first-order chi connectivity index (χ1) is 9.72. The molecule has 1 saturated carbocycles. The highest BCUT2D eigenvalue weighted by Crippen LogP contribution is 2.21. The van der Waals surface area contributed by atoms with Gasteiger partial charge in [0.1, 0.15) is 0 Å². The van der Waals surface area contributed by atoms with Crippen LogP contribution in [0, 0.1) is 6.92 Å². The van der Waals surface area contributed by atoms with E-state index in [2.05, 4.69) is 20.8 Å². The molecule has 1 aromatic carbocycles. The van der Waals surface area contributed by atoms with Crippen molar-refractivity contribution in [3.63, 3.8) is 0 Å². The molecule has 1 heterocycles. The van der Waals surface area contributed by atoms with Gasteiger partial charge in [0.05, 0.1) is 11.4 Å². The molecule has 0 radical (unpaired) electrons. The second kappa shape index (κ2) is 5.62. The Morgan fingerprint density at radius 3 is 3.10 bits per heavy atom. The molecule has 0 unspecified atom stereocenters. The molecule has 0 saturated heterocycles.